The van der Waals surface area contributed by atoms with Gasteiger partial charge in [-0.3, -0.25) is 0 Å². The maximum atomic E-state index is 10.4. The Labute approximate surface area is 116 Å². The van der Waals surface area contributed by atoms with Gasteiger partial charge in [0.1, 0.15) is 0 Å². The quantitative estimate of drug-likeness (QED) is 0.740. The molecule has 1 aromatic carbocycles. The van der Waals surface area contributed by atoms with Gasteiger partial charge in [-0.05, 0) is 23.0 Å². The molecule has 1 rings (SSSR count). The summed E-state index contributed by atoms with van der Waals surface area (Å²) in [6, 6.07) is 8.13. The van der Waals surface area contributed by atoms with Gasteiger partial charge in [-0.25, -0.2) is 0 Å². The summed E-state index contributed by atoms with van der Waals surface area (Å²) in [6.07, 6.45) is 0.285. The van der Waals surface area contributed by atoms with Gasteiger partial charge in [0, 0.05) is 12.6 Å². The Hall–Kier alpha value is -0.900. The van der Waals surface area contributed by atoms with Crippen molar-refractivity contribution in [2.75, 3.05) is 13.2 Å². The van der Waals surface area contributed by atoms with E-state index in [1.54, 1.807) is 0 Å². The Morgan fingerprint density at radius 1 is 1.16 bits per heavy atom. The minimum absolute atomic E-state index is 0.0207. The van der Waals surface area contributed by atoms with Crippen LogP contribution in [0, 0.1) is 0 Å². The van der Waals surface area contributed by atoms with E-state index in [9.17, 15) is 5.11 Å². The summed E-state index contributed by atoms with van der Waals surface area (Å²) in [7, 11) is 0. The second kappa shape index (κ2) is 7.04. The largest absolute Gasteiger partial charge is 0.395 e. The molecule has 1 aromatic rings. The summed E-state index contributed by atoms with van der Waals surface area (Å²) in [5.74, 6) is 0. The van der Waals surface area contributed by atoms with E-state index in [4.69, 9.17) is 5.11 Å². The molecule has 0 amide bonds. The topological polar surface area (TPSA) is 52.5 Å². The second-order valence-electron chi connectivity index (χ2n) is 6.01. The van der Waals surface area contributed by atoms with Gasteiger partial charge in [0.25, 0.3) is 0 Å². The highest BCUT2D eigenvalue weighted by atomic mass is 16.3. The van der Waals surface area contributed by atoms with Crippen LogP contribution in [0.4, 0.5) is 0 Å². The Balaban J connectivity index is 2.78. The third kappa shape index (κ3) is 4.60. The molecular formula is C16H27NO2. The number of benzene rings is 1. The maximum Gasteiger partial charge on any atom is 0.0942 e. The molecule has 3 nitrogen and oxygen atoms in total. The Morgan fingerprint density at radius 2 is 1.74 bits per heavy atom. The van der Waals surface area contributed by atoms with E-state index in [0.29, 0.717) is 6.54 Å². The van der Waals surface area contributed by atoms with E-state index in [0.717, 1.165) is 12.0 Å². The lowest BCUT2D eigenvalue weighted by Gasteiger charge is -2.24. The zero-order chi connectivity index (χ0) is 14.5. The highest BCUT2D eigenvalue weighted by molar-refractivity contribution is 5.29. The van der Waals surface area contributed by atoms with Crippen LogP contribution in [0.2, 0.25) is 0 Å². The van der Waals surface area contributed by atoms with E-state index in [-0.39, 0.29) is 18.1 Å². The molecule has 0 aliphatic heterocycles. The molecule has 3 heteroatoms. The van der Waals surface area contributed by atoms with Crippen molar-refractivity contribution in [1.29, 1.82) is 0 Å². The summed E-state index contributed by atoms with van der Waals surface area (Å²) in [6.45, 7) is 9.16. The number of rotatable bonds is 6. The average molecular weight is 265 g/mol. The van der Waals surface area contributed by atoms with Gasteiger partial charge < -0.3 is 15.5 Å². The van der Waals surface area contributed by atoms with Crippen LogP contribution in [0.15, 0.2) is 24.3 Å². The van der Waals surface area contributed by atoms with Gasteiger partial charge in [0.05, 0.1) is 12.7 Å². The Morgan fingerprint density at radius 3 is 2.16 bits per heavy atom. The van der Waals surface area contributed by atoms with Crippen molar-refractivity contribution < 1.29 is 10.2 Å². The van der Waals surface area contributed by atoms with Gasteiger partial charge in [0.2, 0.25) is 0 Å². The van der Waals surface area contributed by atoms with Gasteiger partial charge in [0.15, 0.2) is 0 Å². The molecule has 0 radical (unpaired) electrons. The lowest BCUT2D eigenvalue weighted by Crippen LogP contribution is -2.36. The number of aliphatic hydroxyl groups excluding tert-OH is 2. The fourth-order valence-corrected chi connectivity index (χ4v) is 2.14. The van der Waals surface area contributed by atoms with E-state index in [2.05, 4.69) is 38.2 Å². The van der Waals surface area contributed by atoms with Gasteiger partial charge >= 0.3 is 0 Å². The highest BCUT2D eigenvalue weighted by Crippen LogP contribution is 2.25. The van der Waals surface area contributed by atoms with Crippen molar-refractivity contribution in [2.45, 2.75) is 51.7 Å². The fraction of sp³-hybridized carbons (Fsp3) is 0.625. The van der Waals surface area contributed by atoms with Gasteiger partial charge in [-0.15, -0.1) is 0 Å². The Bertz CT molecular complexity index is 367. The number of nitrogens with one attached hydrogen (secondary N) is 1. The van der Waals surface area contributed by atoms with Crippen LogP contribution in [-0.4, -0.2) is 29.4 Å². The SMILES string of the molecule is CCC(NCCO)C(O)c1ccc(C(C)(C)C)cc1. The number of hydrogen-bond donors (Lipinski definition) is 3. The minimum atomic E-state index is -0.537. The summed E-state index contributed by atoms with van der Waals surface area (Å²) in [5.41, 5.74) is 2.31. The lowest BCUT2D eigenvalue weighted by molar-refractivity contribution is 0.122. The van der Waals surface area contributed by atoms with Crippen LogP contribution in [0.5, 0.6) is 0 Å². The predicted molar refractivity (Wildman–Crippen MR) is 79.3 cm³/mol. The van der Waals surface area contributed by atoms with E-state index < -0.39 is 6.10 Å². The molecule has 0 heterocycles. The van der Waals surface area contributed by atoms with E-state index in [1.807, 2.05) is 19.1 Å². The zero-order valence-electron chi connectivity index (χ0n) is 12.5. The van der Waals surface area contributed by atoms with Crippen molar-refractivity contribution in [3.05, 3.63) is 35.4 Å². The summed E-state index contributed by atoms with van der Waals surface area (Å²) >= 11 is 0. The first-order valence-corrected chi connectivity index (χ1v) is 7.03. The molecule has 0 saturated heterocycles. The molecule has 108 valence electrons. The van der Waals surface area contributed by atoms with Crippen LogP contribution in [-0.2, 0) is 5.41 Å². The first kappa shape index (κ1) is 16.2. The van der Waals surface area contributed by atoms with Crippen LogP contribution >= 0.6 is 0 Å². The molecule has 3 N–H and O–H groups in total. The molecule has 0 spiro atoms. The molecule has 0 aliphatic rings. The molecule has 2 unspecified atom stereocenters. The van der Waals surface area contributed by atoms with Gasteiger partial charge in [-0.1, -0.05) is 52.0 Å². The molecular weight excluding hydrogens is 238 g/mol. The third-order valence-corrected chi connectivity index (χ3v) is 3.46. The van der Waals surface area contributed by atoms with Crippen LogP contribution in [0.3, 0.4) is 0 Å². The summed E-state index contributed by atoms with van der Waals surface area (Å²) in [5, 5.41) is 22.4. The highest BCUT2D eigenvalue weighted by Gasteiger charge is 2.19. The summed E-state index contributed by atoms with van der Waals surface area (Å²) < 4.78 is 0. The van der Waals surface area contributed by atoms with Crippen molar-refractivity contribution >= 4 is 0 Å². The van der Waals surface area contributed by atoms with Crippen molar-refractivity contribution in [3.8, 4) is 0 Å². The van der Waals surface area contributed by atoms with Crippen molar-refractivity contribution in [3.63, 3.8) is 0 Å². The third-order valence-electron chi connectivity index (χ3n) is 3.46. The van der Waals surface area contributed by atoms with Crippen LogP contribution in [0.1, 0.15) is 51.3 Å². The average Bonchev–Trinajstić information content (AvgIpc) is 2.38. The fourth-order valence-electron chi connectivity index (χ4n) is 2.14. The maximum absolute atomic E-state index is 10.4. The van der Waals surface area contributed by atoms with E-state index >= 15 is 0 Å². The molecule has 0 fully saturated rings. The minimum Gasteiger partial charge on any atom is -0.395 e. The number of hydrogen-bond acceptors (Lipinski definition) is 3. The molecule has 0 aliphatic carbocycles. The van der Waals surface area contributed by atoms with E-state index in [1.165, 1.54) is 5.56 Å². The van der Waals surface area contributed by atoms with Gasteiger partial charge in [-0.2, -0.15) is 0 Å². The zero-order valence-corrected chi connectivity index (χ0v) is 12.5. The Kier molecular flexibility index (Phi) is 5.98. The smallest absolute Gasteiger partial charge is 0.0942 e. The molecule has 2 atom stereocenters. The summed E-state index contributed by atoms with van der Waals surface area (Å²) in [4.78, 5) is 0. The number of aliphatic hydroxyl groups is 2. The molecule has 19 heavy (non-hydrogen) atoms. The molecule has 0 bridgehead atoms. The van der Waals surface area contributed by atoms with Crippen molar-refractivity contribution in [1.82, 2.24) is 5.32 Å². The normalized spacial score (nSPS) is 15.3. The van der Waals surface area contributed by atoms with Crippen LogP contribution in [0.25, 0.3) is 0 Å². The molecule has 0 aromatic heterocycles. The monoisotopic (exact) mass is 265 g/mol. The van der Waals surface area contributed by atoms with Crippen LogP contribution < -0.4 is 5.32 Å². The molecule has 0 saturated carbocycles. The first-order valence-electron chi connectivity index (χ1n) is 7.03. The predicted octanol–water partition coefficient (Wildman–Crippen LogP) is 2.38. The second-order valence-corrected chi connectivity index (χ2v) is 6.01. The standard InChI is InChI=1S/C16H27NO2/c1-5-14(17-10-11-18)15(19)12-6-8-13(9-7-12)16(2,3)4/h6-9,14-15,17-19H,5,10-11H2,1-4H3. The van der Waals surface area contributed by atoms with Crippen molar-refractivity contribution in [2.24, 2.45) is 0 Å². The first-order chi connectivity index (χ1) is 8.90. The lowest BCUT2D eigenvalue weighted by atomic mass is 9.86.